The van der Waals surface area contributed by atoms with Gasteiger partial charge >= 0.3 is 0 Å². The Bertz CT molecular complexity index is 526. The Kier molecular flexibility index (Phi) is 3.19. The predicted octanol–water partition coefficient (Wildman–Crippen LogP) is 3.08. The van der Waals surface area contributed by atoms with E-state index in [0.717, 1.165) is 36.4 Å². The summed E-state index contributed by atoms with van der Waals surface area (Å²) in [6.07, 6.45) is 4.70. The van der Waals surface area contributed by atoms with Crippen molar-refractivity contribution < 1.29 is 9.21 Å². The summed E-state index contributed by atoms with van der Waals surface area (Å²) in [5, 5.41) is 2.98. The third-order valence-electron chi connectivity index (χ3n) is 3.04. The van der Waals surface area contributed by atoms with Gasteiger partial charge in [0, 0.05) is 17.3 Å². The van der Waals surface area contributed by atoms with E-state index >= 15 is 0 Å². The Morgan fingerprint density at radius 2 is 2.28 bits per heavy atom. The average molecular weight is 261 g/mol. The molecule has 0 aromatic carbocycles. The van der Waals surface area contributed by atoms with Crippen LogP contribution < -0.4 is 5.32 Å². The van der Waals surface area contributed by atoms with Crippen LogP contribution in [0.1, 0.15) is 17.7 Å². The first-order chi connectivity index (χ1) is 8.83. The number of furan rings is 1. The fourth-order valence-electron chi connectivity index (χ4n) is 1.86. The highest BCUT2D eigenvalue weighted by atomic mass is 32.1. The number of hydrogen-bond donors (Lipinski definition) is 1. The summed E-state index contributed by atoms with van der Waals surface area (Å²) in [5.41, 5.74) is 0. The van der Waals surface area contributed by atoms with Gasteiger partial charge in [-0.1, -0.05) is 0 Å². The normalized spacial score (nSPS) is 14.7. The molecule has 4 heteroatoms. The van der Waals surface area contributed by atoms with Crippen LogP contribution in [0.4, 0.5) is 0 Å². The zero-order valence-electron chi connectivity index (χ0n) is 10.0. The fourth-order valence-corrected chi connectivity index (χ4v) is 2.84. The zero-order chi connectivity index (χ0) is 12.4. The lowest BCUT2D eigenvalue weighted by molar-refractivity contribution is -0.122. The SMILES string of the molecule is O=C(NCCc1ccc(-c2ccco2)s1)C1CC1. The maximum absolute atomic E-state index is 11.5. The molecule has 1 amide bonds. The molecule has 1 aliphatic rings. The van der Waals surface area contributed by atoms with Crippen molar-refractivity contribution in [3.63, 3.8) is 0 Å². The number of hydrogen-bond acceptors (Lipinski definition) is 3. The number of carbonyl (C=O) groups excluding carboxylic acids is 1. The molecule has 94 valence electrons. The third-order valence-corrected chi connectivity index (χ3v) is 4.20. The molecule has 1 fully saturated rings. The highest BCUT2D eigenvalue weighted by Gasteiger charge is 2.28. The summed E-state index contributed by atoms with van der Waals surface area (Å²) in [6, 6.07) is 8.03. The van der Waals surface area contributed by atoms with Crippen LogP contribution in [0.5, 0.6) is 0 Å². The van der Waals surface area contributed by atoms with E-state index in [1.807, 2.05) is 12.1 Å². The summed E-state index contributed by atoms with van der Waals surface area (Å²) in [7, 11) is 0. The van der Waals surface area contributed by atoms with Crippen molar-refractivity contribution >= 4 is 17.2 Å². The van der Waals surface area contributed by atoms with Gasteiger partial charge in [0.25, 0.3) is 0 Å². The predicted molar refractivity (Wildman–Crippen MR) is 71.5 cm³/mol. The van der Waals surface area contributed by atoms with Crippen molar-refractivity contribution in [1.29, 1.82) is 0 Å². The molecule has 1 N–H and O–H groups in total. The van der Waals surface area contributed by atoms with Gasteiger partial charge in [-0.05, 0) is 43.5 Å². The van der Waals surface area contributed by atoms with E-state index in [1.165, 1.54) is 4.88 Å². The van der Waals surface area contributed by atoms with E-state index in [4.69, 9.17) is 4.42 Å². The molecule has 18 heavy (non-hydrogen) atoms. The number of rotatable bonds is 5. The maximum atomic E-state index is 11.5. The molecule has 2 aromatic heterocycles. The Morgan fingerprint density at radius 1 is 1.39 bits per heavy atom. The van der Waals surface area contributed by atoms with Gasteiger partial charge < -0.3 is 9.73 Å². The van der Waals surface area contributed by atoms with Gasteiger partial charge in [0.05, 0.1) is 11.1 Å². The summed E-state index contributed by atoms with van der Waals surface area (Å²) >= 11 is 1.72. The molecular weight excluding hydrogens is 246 g/mol. The van der Waals surface area contributed by atoms with Gasteiger partial charge in [0.15, 0.2) is 0 Å². The van der Waals surface area contributed by atoms with E-state index in [0.29, 0.717) is 5.92 Å². The standard InChI is InChI=1S/C14H15NO2S/c16-14(10-3-4-10)15-8-7-11-5-6-13(18-11)12-2-1-9-17-12/h1-2,5-6,9-10H,3-4,7-8H2,(H,15,16). The van der Waals surface area contributed by atoms with Crippen molar-refractivity contribution in [2.75, 3.05) is 6.54 Å². The van der Waals surface area contributed by atoms with Crippen molar-refractivity contribution in [2.24, 2.45) is 5.92 Å². The lowest BCUT2D eigenvalue weighted by Crippen LogP contribution is -2.26. The van der Waals surface area contributed by atoms with Gasteiger partial charge in [0.1, 0.15) is 5.76 Å². The molecule has 1 saturated carbocycles. The lowest BCUT2D eigenvalue weighted by Gasteiger charge is -2.01. The first kappa shape index (κ1) is 11.5. The molecule has 0 aliphatic heterocycles. The average Bonchev–Trinajstić information content (AvgIpc) is 2.90. The van der Waals surface area contributed by atoms with E-state index in [-0.39, 0.29) is 5.91 Å². The molecule has 3 nitrogen and oxygen atoms in total. The minimum atomic E-state index is 0.220. The maximum Gasteiger partial charge on any atom is 0.223 e. The van der Waals surface area contributed by atoms with E-state index in [9.17, 15) is 4.79 Å². The molecular formula is C14H15NO2S. The quantitative estimate of drug-likeness (QED) is 0.898. The van der Waals surface area contributed by atoms with Crippen LogP contribution in [0.15, 0.2) is 34.9 Å². The second kappa shape index (κ2) is 4.98. The molecule has 0 bridgehead atoms. The lowest BCUT2D eigenvalue weighted by atomic mass is 10.3. The third kappa shape index (κ3) is 2.64. The molecule has 0 spiro atoms. The van der Waals surface area contributed by atoms with Gasteiger partial charge in [0.2, 0.25) is 5.91 Å². The molecule has 0 saturated heterocycles. The van der Waals surface area contributed by atoms with E-state index in [2.05, 4.69) is 17.4 Å². The van der Waals surface area contributed by atoms with Crippen LogP contribution in [0, 0.1) is 5.92 Å². The van der Waals surface area contributed by atoms with Gasteiger partial charge in [-0.25, -0.2) is 0 Å². The first-order valence-electron chi connectivity index (χ1n) is 6.23. The molecule has 3 rings (SSSR count). The number of thiophene rings is 1. The van der Waals surface area contributed by atoms with E-state index in [1.54, 1.807) is 17.6 Å². The van der Waals surface area contributed by atoms with Gasteiger partial charge in [-0.3, -0.25) is 4.79 Å². The second-order valence-corrected chi connectivity index (χ2v) is 5.73. The van der Waals surface area contributed by atoms with Crippen LogP contribution >= 0.6 is 11.3 Å². The smallest absolute Gasteiger partial charge is 0.223 e. The van der Waals surface area contributed by atoms with Crippen LogP contribution in [0.25, 0.3) is 10.6 Å². The number of amides is 1. The summed E-state index contributed by atoms with van der Waals surface area (Å²) in [5.74, 6) is 1.43. The van der Waals surface area contributed by atoms with Crippen molar-refractivity contribution in [1.82, 2.24) is 5.32 Å². The van der Waals surface area contributed by atoms with Crippen molar-refractivity contribution in [3.8, 4) is 10.6 Å². The van der Waals surface area contributed by atoms with E-state index < -0.39 is 0 Å². The van der Waals surface area contributed by atoms with Crippen LogP contribution in [-0.4, -0.2) is 12.5 Å². The largest absolute Gasteiger partial charge is 0.464 e. The number of carbonyl (C=O) groups is 1. The van der Waals surface area contributed by atoms with Crippen molar-refractivity contribution in [3.05, 3.63) is 35.4 Å². The Balaban J connectivity index is 1.52. The van der Waals surface area contributed by atoms with Crippen LogP contribution in [0.2, 0.25) is 0 Å². The zero-order valence-corrected chi connectivity index (χ0v) is 10.8. The van der Waals surface area contributed by atoms with Gasteiger partial charge in [-0.15, -0.1) is 11.3 Å². The highest BCUT2D eigenvalue weighted by Crippen LogP contribution is 2.29. The Hall–Kier alpha value is -1.55. The minimum absolute atomic E-state index is 0.220. The second-order valence-electron chi connectivity index (χ2n) is 4.56. The molecule has 1 aliphatic carbocycles. The fraction of sp³-hybridized carbons (Fsp3) is 0.357. The topological polar surface area (TPSA) is 42.2 Å². The number of nitrogens with one attached hydrogen (secondary N) is 1. The van der Waals surface area contributed by atoms with Crippen LogP contribution in [-0.2, 0) is 11.2 Å². The van der Waals surface area contributed by atoms with Gasteiger partial charge in [-0.2, -0.15) is 0 Å². The van der Waals surface area contributed by atoms with Crippen LogP contribution in [0.3, 0.4) is 0 Å². The molecule has 2 heterocycles. The highest BCUT2D eigenvalue weighted by molar-refractivity contribution is 7.15. The minimum Gasteiger partial charge on any atom is -0.464 e. The molecule has 0 unspecified atom stereocenters. The van der Waals surface area contributed by atoms with Crippen molar-refractivity contribution in [2.45, 2.75) is 19.3 Å². The summed E-state index contributed by atoms with van der Waals surface area (Å²) in [4.78, 5) is 13.9. The monoisotopic (exact) mass is 261 g/mol. The Morgan fingerprint density at radius 3 is 3.00 bits per heavy atom. The molecule has 0 atom stereocenters. The first-order valence-corrected chi connectivity index (χ1v) is 7.05. The molecule has 2 aromatic rings. The molecule has 0 radical (unpaired) electrons. The Labute approximate surface area is 110 Å². The summed E-state index contributed by atoms with van der Waals surface area (Å²) in [6.45, 7) is 0.730. The summed E-state index contributed by atoms with van der Waals surface area (Å²) < 4.78 is 5.36.